The van der Waals surface area contributed by atoms with Gasteiger partial charge in [0.25, 0.3) is 0 Å². The molecular formula is C22H31N5O. The number of fused-ring (bicyclic) bond motifs is 1. The molecule has 0 saturated heterocycles. The van der Waals surface area contributed by atoms with Crippen molar-refractivity contribution in [2.75, 3.05) is 13.6 Å². The van der Waals surface area contributed by atoms with Gasteiger partial charge in [0.15, 0.2) is 11.7 Å². The Morgan fingerprint density at radius 1 is 1.25 bits per heavy atom. The minimum Gasteiger partial charge on any atom is -0.361 e. The molecule has 0 aliphatic heterocycles. The van der Waals surface area contributed by atoms with Crippen LogP contribution in [0.15, 0.2) is 40.0 Å². The van der Waals surface area contributed by atoms with Gasteiger partial charge in [-0.15, -0.1) is 0 Å². The minimum atomic E-state index is 0.467. The lowest BCUT2D eigenvalue weighted by Gasteiger charge is -2.10. The number of nitrogens with zero attached hydrogens (tertiary/aromatic N) is 2. The molecule has 1 aromatic carbocycles. The largest absolute Gasteiger partial charge is 0.361 e. The van der Waals surface area contributed by atoms with Gasteiger partial charge >= 0.3 is 0 Å². The van der Waals surface area contributed by atoms with Crippen LogP contribution in [0, 0.1) is 6.92 Å². The predicted octanol–water partition coefficient (Wildman–Crippen LogP) is 4.28. The van der Waals surface area contributed by atoms with E-state index in [1.165, 1.54) is 22.0 Å². The summed E-state index contributed by atoms with van der Waals surface area (Å²) in [7, 11) is 1.78. The first-order valence-electron chi connectivity index (χ1n) is 10.1. The van der Waals surface area contributed by atoms with Crippen molar-refractivity contribution < 1.29 is 4.52 Å². The van der Waals surface area contributed by atoms with Gasteiger partial charge in [0.2, 0.25) is 0 Å². The number of aryl methyl sites for hydroxylation is 1. The van der Waals surface area contributed by atoms with Crippen LogP contribution in [-0.2, 0) is 13.0 Å². The van der Waals surface area contributed by atoms with Gasteiger partial charge in [0.05, 0.1) is 12.2 Å². The highest BCUT2D eigenvalue weighted by Crippen LogP contribution is 2.22. The number of aromatic nitrogens is 2. The second-order valence-corrected chi connectivity index (χ2v) is 7.15. The summed E-state index contributed by atoms with van der Waals surface area (Å²) in [4.78, 5) is 7.68. The first kappa shape index (κ1) is 20.0. The first-order chi connectivity index (χ1) is 13.7. The van der Waals surface area contributed by atoms with Gasteiger partial charge in [0.1, 0.15) is 0 Å². The summed E-state index contributed by atoms with van der Waals surface area (Å²) in [6.07, 6.45) is 5.17. The number of guanidine groups is 1. The monoisotopic (exact) mass is 381 g/mol. The lowest BCUT2D eigenvalue weighted by Crippen LogP contribution is -2.37. The van der Waals surface area contributed by atoms with Crippen LogP contribution in [0.4, 0.5) is 0 Å². The maximum Gasteiger partial charge on any atom is 0.191 e. The number of H-pyrrole nitrogens is 1. The third-order valence-electron chi connectivity index (χ3n) is 5.33. The summed E-state index contributed by atoms with van der Waals surface area (Å²) in [5.41, 5.74) is 4.85. The predicted molar refractivity (Wildman–Crippen MR) is 115 cm³/mol. The van der Waals surface area contributed by atoms with Crippen molar-refractivity contribution in [3.05, 3.63) is 53.0 Å². The molecule has 0 saturated carbocycles. The zero-order valence-electron chi connectivity index (χ0n) is 17.3. The number of nitrogens with one attached hydrogen (secondary N) is 3. The second-order valence-electron chi connectivity index (χ2n) is 7.15. The summed E-state index contributed by atoms with van der Waals surface area (Å²) in [5.74, 6) is 2.06. The van der Waals surface area contributed by atoms with E-state index in [4.69, 9.17) is 4.52 Å². The fraction of sp³-hybridized carbons (Fsp3) is 0.455. The Balaban J connectivity index is 1.50. The van der Waals surface area contributed by atoms with Crippen LogP contribution in [0.2, 0.25) is 0 Å². The summed E-state index contributed by atoms with van der Waals surface area (Å²) >= 11 is 0. The van der Waals surface area contributed by atoms with E-state index in [0.29, 0.717) is 12.5 Å². The van der Waals surface area contributed by atoms with Crippen molar-refractivity contribution in [1.29, 1.82) is 0 Å². The van der Waals surface area contributed by atoms with E-state index in [-0.39, 0.29) is 0 Å². The molecule has 0 aliphatic rings. The molecule has 0 radical (unpaired) electrons. The number of hydrogen-bond acceptors (Lipinski definition) is 3. The number of aromatic amines is 1. The molecule has 0 bridgehead atoms. The van der Waals surface area contributed by atoms with Crippen molar-refractivity contribution in [3.8, 4) is 0 Å². The van der Waals surface area contributed by atoms with E-state index in [1.54, 1.807) is 7.05 Å². The molecule has 2 aromatic heterocycles. The SMILES string of the molecule is CCC(CC)c1cc(CNC(=NC)NCCc2c[nH]c3c(C)cccc23)on1. The van der Waals surface area contributed by atoms with Gasteiger partial charge in [-0.2, -0.15) is 0 Å². The Morgan fingerprint density at radius 3 is 2.82 bits per heavy atom. The van der Waals surface area contributed by atoms with Crippen LogP contribution in [0.5, 0.6) is 0 Å². The quantitative estimate of drug-likeness (QED) is 0.402. The highest BCUT2D eigenvalue weighted by molar-refractivity contribution is 5.86. The molecule has 0 amide bonds. The Morgan fingerprint density at radius 2 is 2.07 bits per heavy atom. The summed E-state index contributed by atoms with van der Waals surface area (Å²) in [5, 5.41) is 12.2. The summed E-state index contributed by atoms with van der Waals surface area (Å²) in [6.45, 7) is 7.86. The molecule has 2 heterocycles. The summed E-state index contributed by atoms with van der Waals surface area (Å²) < 4.78 is 5.47. The Labute approximate surface area is 166 Å². The van der Waals surface area contributed by atoms with E-state index in [2.05, 4.69) is 70.9 Å². The molecule has 0 unspecified atom stereocenters. The van der Waals surface area contributed by atoms with Gasteiger partial charge in [-0.1, -0.05) is 37.2 Å². The third kappa shape index (κ3) is 4.55. The number of aliphatic imine (C=N–C) groups is 1. The molecule has 3 N–H and O–H groups in total. The van der Waals surface area contributed by atoms with Gasteiger partial charge in [-0.05, 0) is 37.3 Å². The smallest absolute Gasteiger partial charge is 0.191 e. The molecule has 0 atom stereocenters. The molecule has 6 heteroatoms. The number of hydrogen-bond donors (Lipinski definition) is 3. The number of benzene rings is 1. The van der Waals surface area contributed by atoms with Crippen molar-refractivity contribution >= 4 is 16.9 Å². The molecule has 0 fully saturated rings. The number of para-hydroxylation sites is 1. The fourth-order valence-corrected chi connectivity index (χ4v) is 3.59. The Bertz CT molecular complexity index is 920. The Hall–Kier alpha value is -2.76. The first-order valence-corrected chi connectivity index (χ1v) is 10.1. The molecule has 3 aromatic rings. The van der Waals surface area contributed by atoms with E-state index in [0.717, 1.165) is 43.2 Å². The van der Waals surface area contributed by atoms with Gasteiger partial charge in [0, 0.05) is 42.7 Å². The third-order valence-corrected chi connectivity index (χ3v) is 5.33. The lowest BCUT2D eigenvalue weighted by atomic mass is 9.99. The van der Waals surface area contributed by atoms with Gasteiger partial charge in [-0.25, -0.2) is 0 Å². The molecule has 150 valence electrons. The van der Waals surface area contributed by atoms with Crippen LogP contribution < -0.4 is 10.6 Å². The zero-order valence-corrected chi connectivity index (χ0v) is 17.3. The maximum atomic E-state index is 5.47. The highest BCUT2D eigenvalue weighted by Gasteiger charge is 2.13. The molecular weight excluding hydrogens is 350 g/mol. The van der Waals surface area contributed by atoms with Crippen LogP contribution in [0.25, 0.3) is 10.9 Å². The molecule has 28 heavy (non-hydrogen) atoms. The van der Waals surface area contributed by atoms with Crippen molar-refractivity contribution in [3.63, 3.8) is 0 Å². The van der Waals surface area contributed by atoms with Crippen LogP contribution in [0.1, 0.15) is 55.2 Å². The molecule has 6 nitrogen and oxygen atoms in total. The van der Waals surface area contributed by atoms with Crippen LogP contribution in [-0.4, -0.2) is 29.7 Å². The average molecular weight is 382 g/mol. The summed E-state index contributed by atoms with van der Waals surface area (Å²) in [6, 6.07) is 8.45. The van der Waals surface area contributed by atoms with Gasteiger partial charge < -0.3 is 20.1 Å². The van der Waals surface area contributed by atoms with E-state index < -0.39 is 0 Å². The normalized spacial score (nSPS) is 12.1. The average Bonchev–Trinajstić information content (AvgIpc) is 3.34. The van der Waals surface area contributed by atoms with Crippen LogP contribution in [0.3, 0.4) is 0 Å². The Kier molecular flexibility index (Phi) is 6.74. The molecule has 3 rings (SSSR count). The van der Waals surface area contributed by atoms with Crippen LogP contribution >= 0.6 is 0 Å². The van der Waals surface area contributed by atoms with Gasteiger partial charge in [-0.3, -0.25) is 4.99 Å². The van der Waals surface area contributed by atoms with Crippen molar-refractivity contribution in [1.82, 2.24) is 20.8 Å². The fourth-order valence-electron chi connectivity index (χ4n) is 3.59. The molecule has 0 aliphatic carbocycles. The van der Waals surface area contributed by atoms with E-state index >= 15 is 0 Å². The minimum absolute atomic E-state index is 0.467. The maximum absolute atomic E-state index is 5.47. The van der Waals surface area contributed by atoms with E-state index in [1.807, 2.05) is 6.07 Å². The molecule has 0 spiro atoms. The topological polar surface area (TPSA) is 78.2 Å². The van der Waals surface area contributed by atoms with Crippen molar-refractivity contribution in [2.24, 2.45) is 4.99 Å². The van der Waals surface area contributed by atoms with Crippen molar-refractivity contribution in [2.45, 2.75) is 52.5 Å². The lowest BCUT2D eigenvalue weighted by molar-refractivity contribution is 0.368. The second kappa shape index (κ2) is 9.44. The van der Waals surface area contributed by atoms with E-state index in [9.17, 15) is 0 Å². The number of rotatable bonds is 8. The highest BCUT2D eigenvalue weighted by atomic mass is 16.5. The zero-order chi connectivity index (χ0) is 19.9. The standard InChI is InChI=1S/C22H31N5O/c1-5-16(6-2)20-12-18(28-27-20)14-26-22(23-4)24-11-10-17-13-25-21-15(3)8-7-9-19(17)21/h7-9,12-13,16,25H,5-6,10-11,14H2,1-4H3,(H2,23,24,26).